The Hall–Kier alpha value is -2.70. The van der Waals surface area contributed by atoms with Crippen molar-refractivity contribution in [2.75, 3.05) is 18.0 Å². The van der Waals surface area contributed by atoms with E-state index in [2.05, 4.69) is 28.9 Å². The van der Waals surface area contributed by atoms with Gasteiger partial charge in [0.2, 0.25) is 0 Å². The zero-order valence-electron chi connectivity index (χ0n) is 15.5. The van der Waals surface area contributed by atoms with Gasteiger partial charge in [0, 0.05) is 30.4 Å². The van der Waals surface area contributed by atoms with Crippen molar-refractivity contribution >= 4 is 11.6 Å². The first-order valence-electron chi connectivity index (χ1n) is 9.22. The fourth-order valence-corrected chi connectivity index (χ4v) is 4.73. The number of nitrogens with one attached hydrogen (secondary N) is 1. The Morgan fingerprint density at radius 2 is 1.93 bits per heavy atom. The molecule has 1 N–H and O–H groups in total. The average Bonchev–Trinajstić information content (AvgIpc) is 3.15. The minimum absolute atomic E-state index is 0.152. The van der Waals surface area contributed by atoms with Crippen molar-refractivity contribution in [3.05, 3.63) is 58.3 Å². The molecule has 2 aromatic rings. The summed E-state index contributed by atoms with van der Waals surface area (Å²) in [4.78, 5) is 28.5. The molecule has 0 aliphatic carbocycles. The Kier molecular flexibility index (Phi) is 4.05. The Balaban J connectivity index is 1.65. The van der Waals surface area contributed by atoms with Crippen molar-refractivity contribution < 1.29 is 9.18 Å². The Morgan fingerprint density at radius 1 is 1.19 bits per heavy atom. The van der Waals surface area contributed by atoms with Crippen molar-refractivity contribution in [2.24, 2.45) is 0 Å². The van der Waals surface area contributed by atoms with E-state index < -0.39 is 0 Å². The van der Waals surface area contributed by atoms with Crippen LogP contribution in [0, 0.1) is 5.82 Å². The number of halogens is 1. The average molecular weight is 370 g/mol. The number of hydrogen-bond acceptors (Lipinski definition) is 4. The van der Waals surface area contributed by atoms with Crippen LogP contribution in [0.3, 0.4) is 0 Å². The predicted octanol–water partition coefficient (Wildman–Crippen LogP) is 2.57. The summed E-state index contributed by atoms with van der Waals surface area (Å²) >= 11 is 0. The predicted molar refractivity (Wildman–Crippen MR) is 100 cm³/mol. The number of H-pyrrole nitrogens is 1. The monoisotopic (exact) mass is 370 g/mol. The molecule has 0 bridgehead atoms. The molecular weight excluding hydrogens is 347 g/mol. The van der Waals surface area contributed by atoms with Gasteiger partial charge in [-0.3, -0.25) is 9.59 Å². The second-order valence-corrected chi connectivity index (χ2v) is 8.14. The summed E-state index contributed by atoms with van der Waals surface area (Å²) in [7, 11) is 0. The molecule has 0 saturated carbocycles. The highest BCUT2D eigenvalue weighted by Crippen LogP contribution is 2.47. The van der Waals surface area contributed by atoms with Gasteiger partial charge in [-0.15, -0.1) is 0 Å². The van der Waals surface area contributed by atoms with E-state index in [-0.39, 0.29) is 34.1 Å². The lowest BCUT2D eigenvalue weighted by Crippen LogP contribution is -2.49. The molecule has 1 spiro atoms. The summed E-state index contributed by atoms with van der Waals surface area (Å²) in [5.41, 5.74) is 0.437. The highest BCUT2D eigenvalue weighted by molar-refractivity contribution is 5.93. The van der Waals surface area contributed by atoms with E-state index in [1.54, 1.807) is 12.1 Å². The van der Waals surface area contributed by atoms with Crippen molar-refractivity contribution in [1.82, 2.24) is 15.1 Å². The molecule has 4 rings (SSSR count). The minimum Gasteiger partial charge on any atom is -0.364 e. The lowest BCUT2D eigenvalue weighted by atomic mass is 9.87. The van der Waals surface area contributed by atoms with Crippen molar-refractivity contribution in [2.45, 2.75) is 44.2 Å². The number of likely N-dealkylation sites (tertiary alicyclic amines) is 1. The number of aromatic amines is 1. The van der Waals surface area contributed by atoms with Crippen LogP contribution < -0.4 is 10.5 Å². The fraction of sp³-hybridized carbons (Fsp3) is 0.450. The second kappa shape index (κ2) is 6.18. The molecule has 2 saturated heterocycles. The molecule has 6 nitrogen and oxygen atoms in total. The van der Waals surface area contributed by atoms with Gasteiger partial charge in [0.05, 0.1) is 5.54 Å². The Labute approximate surface area is 157 Å². The third-order valence-electron chi connectivity index (χ3n) is 5.82. The van der Waals surface area contributed by atoms with Gasteiger partial charge in [-0.2, -0.15) is 5.10 Å². The third-order valence-corrected chi connectivity index (χ3v) is 5.82. The summed E-state index contributed by atoms with van der Waals surface area (Å²) in [6.45, 7) is 5.68. The van der Waals surface area contributed by atoms with Gasteiger partial charge < -0.3 is 9.80 Å². The SMILES string of the molecule is CC1(C)CC2(CCCN2C(=O)c2ccc(=O)[nH]n2)CN1c1ccc(F)cc1. The van der Waals surface area contributed by atoms with Gasteiger partial charge in [0.1, 0.15) is 11.5 Å². The number of hydrogen-bond donors (Lipinski definition) is 1. The molecule has 142 valence electrons. The molecule has 1 unspecified atom stereocenters. The lowest BCUT2D eigenvalue weighted by Gasteiger charge is -2.35. The van der Waals surface area contributed by atoms with Crippen molar-refractivity contribution in [3.8, 4) is 0 Å². The molecule has 2 aliphatic rings. The van der Waals surface area contributed by atoms with E-state index in [1.165, 1.54) is 24.3 Å². The zero-order valence-corrected chi connectivity index (χ0v) is 15.5. The number of amides is 1. The molecule has 1 amide bonds. The van der Waals surface area contributed by atoms with Crippen LogP contribution >= 0.6 is 0 Å². The molecule has 2 aliphatic heterocycles. The molecule has 27 heavy (non-hydrogen) atoms. The number of aromatic nitrogens is 2. The van der Waals surface area contributed by atoms with Crippen LogP contribution in [0.4, 0.5) is 10.1 Å². The molecule has 2 fully saturated rings. The minimum atomic E-state index is -0.327. The molecule has 1 atom stereocenters. The van der Waals surface area contributed by atoms with Crippen LogP contribution in [0.25, 0.3) is 0 Å². The largest absolute Gasteiger partial charge is 0.364 e. The summed E-state index contributed by atoms with van der Waals surface area (Å²) in [6.07, 6.45) is 2.68. The van der Waals surface area contributed by atoms with Gasteiger partial charge in [-0.1, -0.05) is 0 Å². The maximum atomic E-state index is 13.3. The fourth-order valence-electron chi connectivity index (χ4n) is 4.73. The van der Waals surface area contributed by atoms with Crippen LogP contribution in [0.2, 0.25) is 0 Å². The normalized spacial score (nSPS) is 24.0. The smallest absolute Gasteiger partial charge is 0.274 e. The van der Waals surface area contributed by atoms with E-state index >= 15 is 0 Å². The van der Waals surface area contributed by atoms with Gasteiger partial charge >= 0.3 is 0 Å². The first-order chi connectivity index (χ1) is 12.8. The van der Waals surface area contributed by atoms with Crippen LogP contribution in [-0.2, 0) is 0 Å². The van der Waals surface area contributed by atoms with E-state index in [4.69, 9.17) is 0 Å². The van der Waals surface area contributed by atoms with Gasteiger partial charge in [0.25, 0.3) is 11.5 Å². The molecule has 1 aromatic heterocycles. The van der Waals surface area contributed by atoms with Crippen LogP contribution in [0.5, 0.6) is 0 Å². The molecular formula is C20H23FN4O2. The van der Waals surface area contributed by atoms with E-state index in [0.717, 1.165) is 24.9 Å². The summed E-state index contributed by atoms with van der Waals surface area (Å²) in [5, 5.41) is 6.26. The number of nitrogens with zero attached hydrogens (tertiary/aromatic N) is 3. The number of benzene rings is 1. The summed E-state index contributed by atoms with van der Waals surface area (Å²) in [5.74, 6) is -0.409. The van der Waals surface area contributed by atoms with Crippen LogP contribution in [0.1, 0.15) is 43.6 Å². The van der Waals surface area contributed by atoms with E-state index in [1.807, 2.05) is 4.90 Å². The number of rotatable bonds is 2. The summed E-state index contributed by atoms with van der Waals surface area (Å²) < 4.78 is 13.3. The molecule has 1 aromatic carbocycles. The first-order valence-corrected chi connectivity index (χ1v) is 9.22. The second-order valence-electron chi connectivity index (χ2n) is 8.14. The standard InChI is InChI=1S/C20H23FN4O2/c1-19(2)12-20(13-25(19)15-6-4-14(21)5-7-15)10-3-11-24(20)18(27)16-8-9-17(26)23-22-16/h4-9H,3,10-13H2,1-2H3,(H,23,26). The third kappa shape index (κ3) is 3.01. The van der Waals surface area contributed by atoms with Gasteiger partial charge in [-0.25, -0.2) is 9.49 Å². The maximum absolute atomic E-state index is 13.3. The molecule has 0 radical (unpaired) electrons. The van der Waals surface area contributed by atoms with Crippen LogP contribution in [-0.4, -0.2) is 45.2 Å². The first kappa shape index (κ1) is 17.7. The Bertz CT molecular complexity index is 904. The van der Waals surface area contributed by atoms with Crippen molar-refractivity contribution in [3.63, 3.8) is 0 Å². The maximum Gasteiger partial charge on any atom is 0.274 e. The topological polar surface area (TPSA) is 69.3 Å². The summed E-state index contributed by atoms with van der Waals surface area (Å²) in [6, 6.07) is 9.33. The number of anilines is 1. The molecule has 3 heterocycles. The zero-order chi connectivity index (χ0) is 19.2. The highest BCUT2D eigenvalue weighted by atomic mass is 19.1. The van der Waals surface area contributed by atoms with E-state index in [0.29, 0.717) is 13.1 Å². The van der Waals surface area contributed by atoms with E-state index in [9.17, 15) is 14.0 Å². The van der Waals surface area contributed by atoms with Crippen molar-refractivity contribution in [1.29, 1.82) is 0 Å². The Morgan fingerprint density at radius 3 is 2.59 bits per heavy atom. The highest BCUT2D eigenvalue weighted by Gasteiger charge is 2.55. The quantitative estimate of drug-likeness (QED) is 0.882. The molecule has 7 heteroatoms. The van der Waals surface area contributed by atoms with Gasteiger partial charge in [0.15, 0.2) is 0 Å². The number of carbonyl (C=O) groups excluding carboxylic acids is 1. The lowest BCUT2D eigenvalue weighted by molar-refractivity contribution is 0.0610. The van der Waals surface area contributed by atoms with Crippen LogP contribution in [0.15, 0.2) is 41.2 Å². The number of carbonyl (C=O) groups is 1. The van der Waals surface area contributed by atoms with Gasteiger partial charge in [-0.05, 0) is 63.4 Å².